The monoisotopic (exact) mass is 431 g/mol. The highest BCUT2D eigenvalue weighted by Crippen LogP contribution is 2.21. The lowest BCUT2D eigenvalue weighted by atomic mass is 10.1. The topological polar surface area (TPSA) is 71.8 Å². The van der Waals surface area contributed by atoms with Crippen LogP contribution in [0.3, 0.4) is 0 Å². The summed E-state index contributed by atoms with van der Waals surface area (Å²) in [6, 6.07) is 20.6. The molecule has 4 aromatic rings. The predicted molar refractivity (Wildman–Crippen MR) is 124 cm³/mol. The number of hydrogen-bond donors (Lipinski definition) is 2. The number of nitrogens with zero attached hydrogens (tertiary/aromatic N) is 3. The predicted octanol–water partition coefficient (Wildman–Crippen LogP) is 5.16. The minimum absolute atomic E-state index is 0.0833. The van der Waals surface area contributed by atoms with Crippen molar-refractivity contribution in [1.29, 1.82) is 0 Å². The molecule has 0 aliphatic rings. The minimum atomic E-state index is -0.0833. The molecule has 0 aliphatic heterocycles. The van der Waals surface area contributed by atoms with Crippen LogP contribution < -0.4 is 10.6 Å². The maximum Gasteiger partial charge on any atom is 0.251 e. The third-order valence-corrected chi connectivity index (χ3v) is 5.00. The lowest BCUT2D eigenvalue weighted by molar-refractivity contribution is 0.0953. The summed E-state index contributed by atoms with van der Waals surface area (Å²) >= 11 is 5.95. The summed E-state index contributed by atoms with van der Waals surface area (Å²) in [5, 5.41) is 6.81. The number of halogens is 1. The molecule has 6 nitrogen and oxygen atoms in total. The van der Waals surface area contributed by atoms with Gasteiger partial charge in [0.1, 0.15) is 0 Å². The third kappa shape index (κ3) is 5.71. The van der Waals surface area contributed by atoms with Crippen molar-refractivity contribution in [3.05, 3.63) is 95.9 Å². The molecule has 31 heavy (non-hydrogen) atoms. The fourth-order valence-electron chi connectivity index (χ4n) is 3.12. The molecule has 4 rings (SSSR count). The standard InChI is InChI=1S/C24H22ClN5O/c25-20-8-4-18(5-9-20)22-12-14-27-24(29-22)28-21-10-6-19(7-11-21)23(31)26-13-3-17-30-15-1-2-16-30/h1-2,4-12,14-16H,3,13,17H2,(H,26,31)(H,27,28,29). The molecule has 2 aromatic heterocycles. The highest BCUT2D eigenvalue weighted by Gasteiger charge is 2.06. The van der Waals surface area contributed by atoms with Gasteiger partial charge in [-0.25, -0.2) is 9.97 Å². The van der Waals surface area contributed by atoms with Gasteiger partial charge in [-0.2, -0.15) is 0 Å². The second-order valence-corrected chi connectivity index (χ2v) is 7.44. The molecule has 7 heteroatoms. The first-order chi connectivity index (χ1) is 15.2. The molecule has 2 aromatic carbocycles. The van der Waals surface area contributed by atoms with E-state index in [1.54, 1.807) is 18.3 Å². The normalized spacial score (nSPS) is 10.6. The number of nitrogens with one attached hydrogen (secondary N) is 2. The van der Waals surface area contributed by atoms with E-state index in [0.717, 1.165) is 29.9 Å². The molecule has 0 saturated heterocycles. The number of carbonyl (C=O) groups excluding carboxylic acids is 1. The summed E-state index contributed by atoms with van der Waals surface area (Å²) in [6.07, 6.45) is 6.61. The molecule has 2 N–H and O–H groups in total. The van der Waals surface area contributed by atoms with E-state index in [1.807, 2.05) is 67.0 Å². The van der Waals surface area contributed by atoms with Crippen LogP contribution in [0.2, 0.25) is 5.02 Å². The Labute approximate surface area is 185 Å². The van der Waals surface area contributed by atoms with Gasteiger partial charge in [-0.3, -0.25) is 4.79 Å². The average molecular weight is 432 g/mol. The Balaban J connectivity index is 1.32. The number of aromatic nitrogens is 3. The van der Waals surface area contributed by atoms with Crippen LogP contribution in [0.5, 0.6) is 0 Å². The van der Waals surface area contributed by atoms with Gasteiger partial charge in [0.2, 0.25) is 5.95 Å². The zero-order chi connectivity index (χ0) is 21.5. The Morgan fingerprint density at radius 3 is 2.45 bits per heavy atom. The van der Waals surface area contributed by atoms with Gasteiger partial charge in [-0.15, -0.1) is 0 Å². The molecule has 0 radical (unpaired) electrons. The molecular formula is C24H22ClN5O. The number of amides is 1. The van der Waals surface area contributed by atoms with Gasteiger partial charge in [0, 0.05) is 53.5 Å². The van der Waals surface area contributed by atoms with E-state index in [9.17, 15) is 4.79 Å². The van der Waals surface area contributed by atoms with Crippen LogP contribution in [0.4, 0.5) is 11.6 Å². The molecule has 0 aliphatic carbocycles. The lowest BCUT2D eigenvalue weighted by Crippen LogP contribution is -2.25. The van der Waals surface area contributed by atoms with Crippen molar-refractivity contribution in [2.45, 2.75) is 13.0 Å². The molecule has 0 unspecified atom stereocenters. The van der Waals surface area contributed by atoms with E-state index in [0.29, 0.717) is 23.1 Å². The van der Waals surface area contributed by atoms with Crippen molar-refractivity contribution < 1.29 is 4.79 Å². The van der Waals surface area contributed by atoms with Gasteiger partial charge in [0.15, 0.2) is 0 Å². The summed E-state index contributed by atoms with van der Waals surface area (Å²) in [5.74, 6) is 0.398. The molecule has 2 heterocycles. The Bertz CT molecular complexity index is 1130. The Hall–Kier alpha value is -3.64. The van der Waals surface area contributed by atoms with Crippen LogP contribution in [0, 0.1) is 0 Å². The van der Waals surface area contributed by atoms with Gasteiger partial charge in [-0.05, 0) is 61.0 Å². The average Bonchev–Trinajstić information content (AvgIpc) is 3.31. The Morgan fingerprint density at radius 1 is 0.968 bits per heavy atom. The number of anilines is 2. The van der Waals surface area contributed by atoms with Crippen LogP contribution in [0.25, 0.3) is 11.3 Å². The third-order valence-electron chi connectivity index (χ3n) is 4.74. The van der Waals surface area contributed by atoms with E-state index in [-0.39, 0.29) is 5.91 Å². The van der Waals surface area contributed by atoms with Crippen LogP contribution in [-0.4, -0.2) is 27.0 Å². The zero-order valence-electron chi connectivity index (χ0n) is 16.8. The van der Waals surface area contributed by atoms with E-state index in [2.05, 4.69) is 25.2 Å². The Morgan fingerprint density at radius 2 is 1.71 bits per heavy atom. The number of carbonyl (C=O) groups is 1. The quantitative estimate of drug-likeness (QED) is 0.378. The van der Waals surface area contributed by atoms with E-state index in [1.165, 1.54) is 0 Å². The van der Waals surface area contributed by atoms with Crippen molar-refractivity contribution >= 4 is 29.1 Å². The molecule has 1 amide bonds. The molecular weight excluding hydrogens is 410 g/mol. The summed E-state index contributed by atoms with van der Waals surface area (Å²) in [6.45, 7) is 1.51. The second-order valence-electron chi connectivity index (χ2n) is 7.01. The second kappa shape index (κ2) is 9.91. The maximum absolute atomic E-state index is 12.3. The maximum atomic E-state index is 12.3. The first-order valence-corrected chi connectivity index (χ1v) is 10.4. The molecule has 0 saturated carbocycles. The SMILES string of the molecule is O=C(NCCCn1cccc1)c1ccc(Nc2nccc(-c3ccc(Cl)cc3)n2)cc1. The first kappa shape index (κ1) is 20.6. The van der Waals surface area contributed by atoms with Gasteiger partial charge in [-0.1, -0.05) is 23.7 Å². The fraction of sp³-hybridized carbons (Fsp3) is 0.125. The van der Waals surface area contributed by atoms with Crippen molar-refractivity contribution in [3.8, 4) is 11.3 Å². The number of hydrogen-bond acceptors (Lipinski definition) is 4. The summed E-state index contributed by atoms with van der Waals surface area (Å²) in [7, 11) is 0. The largest absolute Gasteiger partial charge is 0.354 e. The van der Waals surface area contributed by atoms with Crippen molar-refractivity contribution in [2.75, 3.05) is 11.9 Å². The lowest BCUT2D eigenvalue weighted by Gasteiger charge is -2.09. The van der Waals surface area contributed by atoms with E-state index in [4.69, 9.17) is 11.6 Å². The fourth-order valence-corrected chi connectivity index (χ4v) is 3.25. The van der Waals surface area contributed by atoms with Crippen LogP contribution in [-0.2, 0) is 6.54 Å². The summed E-state index contributed by atoms with van der Waals surface area (Å²) < 4.78 is 2.09. The highest BCUT2D eigenvalue weighted by atomic mass is 35.5. The smallest absolute Gasteiger partial charge is 0.251 e. The van der Waals surface area contributed by atoms with Crippen molar-refractivity contribution in [3.63, 3.8) is 0 Å². The zero-order valence-corrected chi connectivity index (χ0v) is 17.6. The van der Waals surface area contributed by atoms with Gasteiger partial charge >= 0.3 is 0 Å². The van der Waals surface area contributed by atoms with E-state index < -0.39 is 0 Å². The minimum Gasteiger partial charge on any atom is -0.354 e. The number of benzene rings is 2. The number of rotatable bonds is 8. The molecule has 0 atom stereocenters. The van der Waals surface area contributed by atoms with Crippen LogP contribution in [0.15, 0.2) is 85.3 Å². The molecule has 0 bridgehead atoms. The summed E-state index contributed by atoms with van der Waals surface area (Å²) in [5.41, 5.74) is 3.17. The van der Waals surface area contributed by atoms with Crippen LogP contribution in [0.1, 0.15) is 16.8 Å². The first-order valence-electron chi connectivity index (χ1n) is 10.0. The summed E-state index contributed by atoms with van der Waals surface area (Å²) in [4.78, 5) is 21.2. The molecule has 0 fully saturated rings. The van der Waals surface area contributed by atoms with Crippen molar-refractivity contribution in [2.24, 2.45) is 0 Å². The van der Waals surface area contributed by atoms with Crippen molar-refractivity contribution in [1.82, 2.24) is 19.9 Å². The van der Waals surface area contributed by atoms with Gasteiger partial charge in [0.05, 0.1) is 5.69 Å². The van der Waals surface area contributed by atoms with Crippen LogP contribution >= 0.6 is 11.6 Å². The van der Waals surface area contributed by atoms with E-state index >= 15 is 0 Å². The van der Waals surface area contributed by atoms with Gasteiger partial charge < -0.3 is 15.2 Å². The number of aryl methyl sites for hydroxylation is 1. The highest BCUT2D eigenvalue weighted by molar-refractivity contribution is 6.30. The molecule has 156 valence electrons. The van der Waals surface area contributed by atoms with Gasteiger partial charge in [0.25, 0.3) is 5.91 Å². The Kier molecular flexibility index (Phi) is 6.59. The molecule has 0 spiro atoms.